The van der Waals surface area contributed by atoms with Gasteiger partial charge in [0, 0.05) is 77.6 Å². The van der Waals surface area contributed by atoms with Crippen molar-refractivity contribution in [2.45, 2.75) is 43.4 Å². The normalized spacial score (nSPS) is 19.5. The van der Waals surface area contributed by atoms with Crippen molar-refractivity contribution in [3.05, 3.63) is 222 Å². The van der Waals surface area contributed by atoms with Crippen LogP contribution in [0, 0.1) is 0 Å². The number of furan rings is 3. The Morgan fingerprint density at radius 1 is 0.594 bits per heavy atom. The maximum Gasteiger partial charge on any atom is 0.164 e. The Labute approximate surface area is 369 Å². The van der Waals surface area contributed by atoms with E-state index in [0.29, 0.717) is 24.0 Å². The van der Waals surface area contributed by atoms with Crippen molar-refractivity contribution < 1.29 is 13.3 Å². The van der Waals surface area contributed by atoms with E-state index in [1.54, 1.807) is 0 Å². The van der Waals surface area contributed by atoms with Crippen LogP contribution >= 0.6 is 0 Å². The van der Waals surface area contributed by atoms with Crippen LogP contribution in [-0.4, -0.2) is 15.0 Å². The fourth-order valence-electron chi connectivity index (χ4n) is 10.3. The first-order valence-electron chi connectivity index (χ1n) is 22.2. The van der Waals surface area contributed by atoms with Gasteiger partial charge in [0.15, 0.2) is 11.6 Å². The molecule has 4 heterocycles. The Kier molecular flexibility index (Phi) is 8.26. The summed E-state index contributed by atoms with van der Waals surface area (Å²) in [7, 11) is 0. The molecule has 0 saturated heterocycles. The number of aromatic nitrogens is 3. The molecule has 0 radical (unpaired) electrons. The summed E-state index contributed by atoms with van der Waals surface area (Å²) in [5.41, 5.74) is 11.3. The van der Waals surface area contributed by atoms with Gasteiger partial charge in [-0.15, -0.1) is 0 Å². The van der Waals surface area contributed by atoms with Crippen LogP contribution in [0.5, 0.6) is 0 Å². The second kappa shape index (κ2) is 14.4. The van der Waals surface area contributed by atoms with Gasteiger partial charge in [0.1, 0.15) is 39.5 Å². The molecule has 6 heteroatoms. The van der Waals surface area contributed by atoms with Crippen LogP contribution < -0.4 is 0 Å². The van der Waals surface area contributed by atoms with Crippen LogP contribution in [0.25, 0.3) is 77.4 Å². The highest BCUT2D eigenvalue weighted by molar-refractivity contribution is 6.11. The number of benzene rings is 6. The summed E-state index contributed by atoms with van der Waals surface area (Å²) >= 11 is 0. The smallest absolute Gasteiger partial charge is 0.164 e. The standard InChI is InChI=1S/C58H41N3O3/c1-58(31-10-3-11-32-58)57-60-55(37-29-27-36(28-30-37)35-15-4-2-5-16-35)59-56(61-57)45-23-14-26-50-51(45)47-34-38(39-19-12-20-42-40-17-6-8-24-48(40)62-52(39)42)33-46(54(47)64-50)44-22-13-21-43-41-18-7-9-25-49(41)63-53(43)44/h2-27,29-31,33,36,38H,28,32,34H2,1H3. The van der Waals surface area contributed by atoms with E-state index in [1.165, 1.54) is 5.56 Å². The van der Waals surface area contributed by atoms with Gasteiger partial charge in [-0.05, 0) is 49.9 Å². The average Bonchev–Trinajstić information content (AvgIpc) is 4.06. The van der Waals surface area contributed by atoms with Gasteiger partial charge in [-0.2, -0.15) is 0 Å². The lowest BCUT2D eigenvalue weighted by Gasteiger charge is -2.26. The number of fused-ring (bicyclic) bond motifs is 9. The second-order valence-corrected chi connectivity index (χ2v) is 17.6. The average molecular weight is 828 g/mol. The summed E-state index contributed by atoms with van der Waals surface area (Å²) in [6.07, 6.45) is 20.0. The highest BCUT2D eigenvalue weighted by Crippen LogP contribution is 2.49. The lowest BCUT2D eigenvalue weighted by atomic mass is 9.80. The molecule has 64 heavy (non-hydrogen) atoms. The maximum atomic E-state index is 7.08. The topological polar surface area (TPSA) is 78.1 Å². The molecule has 10 aromatic rings. The highest BCUT2D eigenvalue weighted by Gasteiger charge is 2.34. The number of para-hydroxylation sites is 4. The van der Waals surface area contributed by atoms with Crippen molar-refractivity contribution in [2.24, 2.45) is 0 Å². The molecule has 0 spiro atoms. The molecule has 6 aromatic carbocycles. The Bertz CT molecular complexity index is 3690. The second-order valence-electron chi connectivity index (χ2n) is 17.6. The largest absolute Gasteiger partial charge is 0.456 e. The molecule has 306 valence electrons. The molecule has 0 N–H and O–H groups in total. The van der Waals surface area contributed by atoms with Crippen molar-refractivity contribution in [3.63, 3.8) is 0 Å². The molecule has 3 aliphatic rings. The zero-order valence-corrected chi connectivity index (χ0v) is 35.2. The van der Waals surface area contributed by atoms with Crippen LogP contribution in [0.3, 0.4) is 0 Å². The highest BCUT2D eigenvalue weighted by atomic mass is 16.3. The van der Waals surface area contributed by atoms with E-state index in [2.05, 4.69) is 171 Å². The third-order valence-corrected chi connectivity index (χ3v) is 13.6. The predicted octanol–water partition coefficient (Wildman–Crippen LogP) is 14.8. The zero-order chi connectivity index (χ0) is 42.4. The molecule has 0 aliphatic heterocycles. The molecular weight excluding hydrogens is 787 g/mol. The molecule has 0 amide bonds. The van der Waals surface area contributed by atoms with Crippen molar-refractivity contribution in [2.75, 3.05) is 0 Å². The summed E-state index contributed by atoms with van der Waals surface area (Å²) in [6.45, 7) is 2.21. The third kappa shape index (κ3) is 5.82. The van der Waals surface area contributed by atoms with Gasteiger partial charge in [-0.3, -0.25) is 0 Å². The van der Waals surface area contributed by atoms with Crippen molar-refractivity contribution in [1.29, 1.82) is 0 Å². The summed E-state index contributed by atoms with van der Waals surface area (Å²) in [6, 6.07) is 46.4. The molecule has 13 rings (SSSR count). The number of allylic oxidation sites excluding steroid dienone is 9. The fraction of sp³-hybridized carbons (Fsp3) is 0.121. The van der Waals surface area contributed by atoms with Crippen LogP contribution in [-0.2, 0) is 11.8 Å². The summed E-state index contributed by atoms with van der Waals surface area (Å²) in [5.74, 6) is 3.12. The molecule has 4 aromatic heterocycles. The molecule has 3 atom stereocenters. The van der Waals surface area contributed by atoms with Crippen LogP contribution in [0.1, 0.15) is 71.3 Å². The molecule has 6 nitrogen and oxygen atoms in total. The first-order chi connectivity index (χ1) is 31.6. The van der Waals surface area contributed by atoms with Crippen molar-refractivity contribution >= 4 is 66.0 Å². The first kappa shape index (κ1) is 36.8. The SMILES string of the molecule is CC1(c2nc(C3=CCC(c4ccccc4)C=C3)nc(-c3cccc4oc5c(c34)CC(c3cccc4c3oc3ccccc34)C=C5c3cccc4c3oc3ccccc34)n2)C=CC=CC1. The quantitative estimate of drug-likeness (QED) is 0.166. The number of hydrogen-bond donors (Lipinski definition) is 0. The van der Waals surface area contributed by atoms with Crippen LogP contribution in [0.2, 0.25) is 0 Å². The van der Waals surface area contributed by atoms with Gasteiger partial charge in [0.25, 0.3) is 0 Å². The molecule has 3 unspecified atom stereocenters. The minimum absolute atomic E-state index is 0.0575. The Hall–Kier alpha value is -7.83. The lowest BCUT2D eigenvalue weighted by Crippen LogP contribution is -2.24. The first-order valence-corrected chi connectivity index (χ1v) is 22.2. The Morgan fingerprint density at radius 3 is 2.06 bits per heavy atom. The number of rotatable bonds is 6. The fourth-order valence-corrected chi connectivity index (χ4v) is 10.3. The van der Waals surface area contributed by atoms with E-state index in [9.17, 15) is 0 Å². The van der Waals surface area contributed by atoms with E-state index in [0.717, 1.165) is 113 Å². The van der Waals surface area contributed by atoms with E-state index < -0.39 is 5.41 Å². The zero-order valence-electron chi connectivity index (χ0n) is 35.2. The van der Waals surface area contributed by atoms with Crippen LogP contribution in [0.4, 0.5) is 0 Å². The number of hydrogen-bond acceptors (Lipinski definition) is 6. The van der Waals surface area contributed by atoms with E-state index in [4.69, 9.17) is 28.2 Å². The van der Waals surface area contributed by atoms with Gasteiger partial charge in [0.05, 0.1) is 0 Å². The molecular formula is C58H41N3O3. The third-order valence-electron chi connectivity index (χ3n) is 13.6. The van der Waals surface area contributed by atoms with Gasteiger partial charge in [-0.1, -0.05) is 164 Å². The minimum atomic E-state index is -0.409. The summed E-state index contributed by atoms with van der Waals surface area (Å²) in [5, 5.41) is 5.38. The van der Waals surface area contributed by atoms with Gasteiger partial charge < -0.3 is 13.3 Å². The predicted molar refractivity (Wildman–Crippen MR) is 257 cm³/mol. The Morgan fingerprint density at radius 2 is 1.28 bits per heavy atom. The molecule has 3 aliphatic carbocycles. The minimum Gasteiger partial charge on any atom is -0.456 e. The molecule has 0 bridgehead atoms. The lowest BCUT2D eigenvalue weighted by molar-refractivity contribution is 0.552. The van der Waals surface area contributed by atoms with Crippen molar-refractivity contribution in [1.82, 2.24) is 15.0 Å². The summed E-state index contributed by atoms with van der Waals surface area (Å²) in [4.78, 5) is 16.0. The monoisotopic (exact) mass is 827 g/mol. The van der Waals surface area contributed by atoms with E-state index >= 15 is 0 Å². The summed E-state index contributed by atoms with van der Waals surface area (Å²) < 4.78 is 20.5. The van der Waals surface area contributed by atoms with Crippen molar-refractivity contribution in [3.8, 4) is 11.4 Å². The van der Waals surface area contributed by atoms with E-state index in [-0.39, 0.29) is 5.92 Å². The van der Waals surface area contributed by atoms with Crippen LogP contribution in [0.15, 0.2) is 195 Å². The van der Waals surface area contributed by atoms with Gasteiger partial charge >= 0.3 is 0 Å². The van der Waals surface area contributed by atoms with Gasteiger partial charge in [0.2, 0.25) is 0 Å². The molecule has 0 fully saturated rings. The maximum absolute atomic E-state index is 7.08. The van der Waals surface area contributed by atoms with Gasteiger partial charge in [-0.25, -0.2) is 15.0 Å². The molecule has 0 saturated carbocycles. The van der Waals surface area contributed by atoms with E-state index in [1.807, 2.05) is 18.2 Å². The number of nitrogens with zero attached hydrogens (tertiary/aromatic N) is 3. The Balaban J connectivity index is 1.02.